The summed E-state index contributed by atoms with van der Waals surface area (Å²) in [7, 11) is 0. The maximum absolute atomic E-state index is 2.21. The molecule has 0 bridgehead atoms. The van der Waals surface area contributed by atoms with Crippen molar-refractivity contribution < 1.29 is 45.2 Å². The lowest BCUT2D eigenvalue weighted by atomic mass is 10.4. The Balaban J connectivity index is 0.000000980. The molecule has 2 aromatic rings. The lowest BCUT2D eigenvalue weighted by molar-refractivity contribution is -0.597. The molecule has 0 nitrogen and oxygen atoms in total. The van der Waals surface area contributed by atoms with E-state index >= 15 is 0 Å². The van der Waals surface area contributed by atoms with Crippen LogP contribution in [-0.2, 0) is 0 Å². The summed E-state index contributed by atoms with van der Waals surface area (Å²) in [5.74, 6) is 0. The van der Waals surface area contributed by atoms with Gasteiger partial charge in [0.25, 0.3) is 0 Å². The van der Waals surface area contributed by atoms with E-state index in [0.29, 0.717) is 0 Å². The molecule has 0 unspecified atom stereocenters. The second kappa shape index (κ2) is 6.40. The summed E-state index contributed by atoms with van der Waals surface area (Å²) in [6.45, 7) is 0. The summed E-state index contributed by atoms with van der Waals surface area (Å²) >= 11 is 0.0287. The highest BCUT2D eigenvalue weighted by atomic mass is 127. The molecule has 2 rings (SSSR count). The van der Waals surface area contributed by atoms with Crippen LogP contribution in [0.3, 0.4) is 0 Å². The molecule has 0 atom stereocenters. The molecule has 0 aliphatic carbocycles. The number of halogens is 2. The highest BCUT2D eigenvalue weighted by Gasteiger charge is 2.12. The van der Waals surface area contributed by atoms with Crippen LogP contribution in [0.15, 0.2) is 60.7 Å². The molecule has 0 fully saturated rings. The maximum atomic E-state index is 2.21. The van der Waals surface area contributed by atoms with Gasteiger partial charge in [-0.05, 0) is 24.3 Å². The van der Waals surface area contributed by atoms with Gasteiger partial charge in [0.15, 0.2) is 7.14 Å². The minimum absolute atomic E-state index is 0. The average Bonchev–Trinajstić information content (AvgIpc) is 2.21. The van der Waals surface area contributed by atoms with E-state index in [1.807, 2.05) is 0 Å². The first-order valence-electron chi connectivity index (χ1n) is 4.20. The van der Waals surface area contributed by atoms with Gasteiger partial charge in [-0.2, -0.15) is 0 Å². The van der Waals surface area contributed by atoms with Gasteiger partial charge in [-0.1, -0.05) is 36.4 Å². The Kier molecular flexibility index (Phi) is 5.47. The Bertz CT molecular complexity index is 319. The van der Waals surface area contributed by atoms with Crippen molar-refractivity contribution in [2.45, 2.75) is 0 Å². The molecule has 0 N–H and O–H groups in total. The maximum Gasteiger partial charge on any atom is 0.357 e. The Morgan fingerprint density at radius 2 is 0.929 bits per heavy atom. The van der Waals surface area contributed by atoms with E-state index in [1.54, 1.807) is 0 Å². The van der Waals surface area contributed by atoms with Gasteiger partial charge in [0, 0.05) is 0 Å². The Hall–Kier alpha value is -0.100. The van der Waals surface area contributed by atoms with Crippen molar-refractivity contribution >= 4 is 0 Å². The van der Waals surface area contributed by atoms with Gasteiger partial charge in [0.05, 0.1) is 0 Å². The van der Waals surface area contributed by atoms with Gasteiger partial charge >= 0.3 is 21.2 Å². The van der Waals surface area contributed by atoms with Gasteiger partial charge in [-0.15, -0.1) is 0 Å². The minimum atomic E-state index is 0. The Morgan fingerprint density at radius 1 is 0.571 bits per heavy atom. The summed E-state index contributed by atoms with van der Waals surface area (Å²) in [6, 6.07) is 21.4. The van der Waals surface area contributed by atoms with Crippen LogP contribution in [0.5, 0.6) is 0 Å². The van der Waals surface area contributed by atoms with Crippen molar-refractivity contribution in [2.24, 2.45) is 0 Å². The van der Waals surface area contributed by atoms with Crippen LogP contribution in [0.4, 0.5) is 0 Å². The molecule has 0 saturated heterocycles. The zero-order valence-corrected chi connectivity index (χ0v) is 11.8. The molecular weight excluding hydrogens is 398 g/mol. The Labute approximate surface area is 112 Å². The number of benzene rings is 2. The monoisotopic (exact) mass is 408 g/mol. The molecule has 72 valence electrons. The van der Waals surface area contributed by atoms with E-state index in [2.05, 4.69) is 60.7 Å². The van der Waals surface area contributed by atoms with Gasteiger partial charge in [0.2, 0.25) is 0 Å². The van der Waals surface area contributed by atoms with Crippen LogP contribution in [0, 0.1) is 7.14 Å². The number of hydrogen-bond acceptors (Lipinski definition) is 0. The molecule has 0 aliphatic rings. The molecule has 0 saturated carbocycles. The topological polar surface area (TPSA) is 0 Å². The van der Waals surface area contributed by atoms with Gasteiger partial charge in [-0.25, -0.2) is 0 Å². The summed E-state index contributed by atoms with van der Waals surface area (Å²) < 4.78 is 2.96. The van der Waals surface area contributed by atoms with E-state index in [9.17, 15) is 0 Å². The van der Waals surface area contributed by atoms with Crippen LogP contribution in [-0.4, -0.2) is 0 Å². The van der Waals surface area contributed by atoms with Crippen LogP contribution in [0.2, 0.25) is 0 Å². The van der Waals surface area contributed by atoms with E-state index in [1.165, 1.54) is 7.14 Å². The fourth-order valence-electron chi connectivity index (χ4n) is 1.08. The lowest BCUT2D eigenvalue weighted by Crippen LogP contribution is -3.61. The SMILES string of the molecule is [I-].c1ccc([I+]c2ccccc2)cc1. The normalized spacial score (nSPS) is 9.14. The molecule has 2 aromatic carbocycles. The molecule has 14 heavy (non-hydrogen) atoms. The first-order valence-corrected chi connectivity index (χ1v) is 6.36. The van der Waals surface area contributed by atoms with Crippen molar-refractivity contribution in [1.29, 1.82) is 0 Å². The zero-order valence-electron chi connectivity index (χ0n) is 7.53. The van der Waals surface area contributed by atoms with E-state index < -0.39 is 0 Å². The highest BCUT2D eigenvalue weighted by molar-refractivity contribution is 5.02. The van der Waals surface area contributed by atoms with Crippen LogP contribution >= 0.6 is 0 Å². The quantitative estimate of drug-likeness (QED) is 0.461. The summed E-state index contributed by atoms with van der Waals surface area (Å²) in [6.07, 6.45) is 0. The largest absolute Gasteiger partial charge is 1.00 e. The molecular formula is C12H10I2. The standard InChI is InChI=1S/C12H10I.HI/c1-3-7-11(8-4-1)13-12-9-5-2-6-10-12;/h1-10H;1H/q+1;/p-1. The Morgan fingerprint density at radius 3 is 1.29 bits per heavy atom. The van der Waals surface area contributed by atoms with E-state index in [0.717, 1.165) is 0 Å². The van der Waals surface area contributed by atoms with Gasteiger partial charge < -0.3 is 24.0 Å². The predicted octanol–water partition coefficient (Wildman–Crippen LogP) is -3.18. The number of hydrogen-bond donors (Lipinski definition) is 0. The molecule has 0 radical (unpaired) electrons. The summed E-state index contributed by atoms with van der Waals surface area (Å²) in [5.41, 5.74) is 0. The van der Waals surface area contributed by atoms with Crippen LogP contribution in [0.25, 0.3) is 0 Å². The van der Waals surface area contributed by atoms with Crippen molar-refractivity contribution in [1.82, 2.24) is 0 Å². The fourth-order valence-corrected chi connectivity index (χ4v) is 3.35. The molecule has 0 spiro atoms. The van der Waals surface area contributed by atoms with Crippen LogP contribution < -0.4 is 45.2 Å². The first kappa shape index (κ1) is 12.0. The molecule has 0 aromatic heterocycles. The van der Waals surface area contributed by atoms with Crippen LogP contribution in [0.1, 0.15) is 0 Å². The van der Waals surface area contributed by atoms with Crippen molar-refractivity contribution in [3.8, 4) is 0 Å². The molecule has 2 heteroatoms. The predicted molar refractivity (Wildman–Crippen MR) is 50.3 cm³/mol. The third kappa shape index (κ3) is 3.57. The highest BCUT2D eigenvalue weighted by Crippen LogP contribution is 1.85. The second-order valence-corrected chi connectivity index (χ2v) is 5.72. The van der Waals surface area contributed by atoms with Crippen molar-refractivity contribution in [2.75, 3.05) is 0 Å². The van der Waals surface area contributed by atoms with Crippen molar-refractivity contribution in [3.05, 3.63) is 67.8 Å². The first-order chi connectivity index (χ1) is 6.45. The van der Waals surface area contributed by atoms with E-state index in [4.69, 9.17) is 0 Å². The fraction of sp³-hybridized carbons (Fsp3) is 0. The minimum Gasteiger partial charge on any atom is -1.00 e. The zero-order chi connectivity index (χ0) is 8.93. The molecule has 0 heterocycles. The van der Waals surface area contributed by atoms with Gasteiger partial charge in [-0.3, -0.25) is 0 Å². The molecule has 0 amide bonds. The van der Waals surface area contributed by atoms with E-state index in [-0.39, 0.29) is 45.2 Å². The summed E-state index contributed by atoms with van der Waals surface area (Å²) in [5, 5.41) is 0. The average molecular weight is 408 g/mol. The third-order valence-electron chi connectivity index (χ3n) is 1.68. The second-order valence-electron chi connectivity index (χ2n) is 2.69. The number of rotatable bonds is 2. The molecule has 0 aliphatic heterocycles. The lowest BCUT2D eigenvalue weighted by Gasteiger charge is -1.84. The van der Waals surface area contributed by atoms with Gasteiger partial charge in [0.1, 0.15) is 0 Å². The third-order valence-corrected chi connectivity index (χ3v) is 4.37. The summed E-state index contributed by atoms with van der Waals surface area (Å²) in [4.78, 5) is 0. The smallest absolute Gasteiger partial charge is 0.357 e. The van der Waals surface area contributed by atoms with Crippen molar-refractivity contribution in [3.63, 3.8) is 0 Å².